The molecule has 0 radical (unpaired) electrons. The van der Waals surface area contributed by atoms with Gasteiger partial charge in [0.15, 0.2) is 0 Å². The molecular formula is C44H27F6N3. The molecule has 0 saturated heterocycles. The molecule has 3 nitrogen and oxygen atoms in total. The Balaban J connectivity index is 1.23. The second kappa shape index (κ2) is 12.6. The lowest BCUT2D eigenvalue weighted by atomic mass is 10.1. The molecule has 260 valence electrons. The van der Waals surface area contributed by atoms with Crippen LogP contribution >= 0.6 is 0 Å². The maximum Gasteiger partial charge on any atom is 0.150 e. The predicted octanol–water partition coefficient (Wildman–Crippen LogP) is 12.3. The first-order chi connectivity index (χ1) is 25.7. The summed E-state index contributed by atoms with van der Waals surface area (Å²) < 4.78 is 91.2. The molecule has 9 aromatic rings. The van der Waals surface area contributed by atoms with E-state index in [1.807, 2.05) is 94.1 Å². The van der Waals surface area contributed by atoms with Crippen LogP contribution < -0.4 is 4.90 Å². The smallest absolute Gasteiger partial charge is 0.150 e. The van der Waals surface area contributed by atoms with E-state index in [4.69, 9.17) is 0 Å². The highest BCUT2D eigenvalue weighted by Crippen LogP contribution is 2.42. The molecule has 0 N–H and O–H groups in total. The van der Waals surface area contributed by atoms with Gasteiger partial charge in [0.25, 0.3) is 0 Å². The van der Waals surface area contributed by atoms with Crippen LogP contribution in [0.15, 0.2) is 140 Å². The third kappa shape index (κ3) is 5.56. The van der Waals surface area contributed by atoms with Gasteiger partial charge in [-0.1, -0.05) is 48.5 Å². The summed E-state index contributed by atoms with van der Waals surface area (Å²) in [5.74, 6) is -4.10. The summed E-state index contributed by atoms with van der Waals surface area (Å²) in [6.07, 6.45) is 0. The van der Waals surface area contributed by atoms with Crippen molar-refractivity contribution in [2.45, 2.75) is 13.1 Å². The zero-order chi connectivity index (χ0) is 36.4. The monoisotopic (exact) mass is 711 g/mol. The molecule has 0 aliphatic heterocycles. The first-order valence-electron chi connectivity index (χ1n) is 16.9. The molecule has 9 heteroatoms. The van der Waals surface area contributed by atoms with Crippen LogP contribution in [0.5, 0.6) is 0 Å². The summed E-state index contributed by atoms with van der Waals surface area (Å²) in [4.78, 5) is 1.71. The molecule has 9 rings (SSSR count). The molecule has 53 heavy (non-hydrogen) atoms. The maximum atomic E-state index is 15.8. The maximum absolute atomic E-state index is 15.8. The van der Waals surface area contributed by atoms with Gasteiger partial charge in [-0.15, -0.1) is 0 Å². The topological polar surface area (TPSA) is 13.1 Å². The Morgan fingerprint density at radius 1 is 0.377 bits per heavy atom. The SMILES string of the molecule is Fc1ccc(Cn2c3ccccc3c3cc(N(c4ccc5c(c4)c4ccccc4n5Cc4ccc(F)cc4F)c4ccc(F)cc4F)ccc32)c(F)c1. The van der Waals surface area contributed by atoms with Gasteiger partial charge in [-0.2, -0.15) is 0 Å². The van der Waals surface area contributed by atoms with Gasteiger partial charge in [-0.05, 0) is 72.8 Å². The van der Waals surface area contributed by atoms with Crippen molar-refractivity contribution in [3.05, 3.63) is 186 Å². The minimum atomic E-state index is -0.770. The Labute approximate surface area is 299 Å². The zero-order valence-electron chi connectivity index (χ0n) is 27.8. The Morgan fingerprint density at radius 2 is 0.792 bits per heavy atom. The number of halogens is 6. The lowest BCUT2D eigenvalue weighted by molar-refractivity contribution is 0.568. The van der Waals surface area contributed by atoms with Crippen LogP contribution in [0.2, 0.25) is 0 Å². The molecule has 7 aromatic carbocycles. The van der Waals surface area contributed by atoms with E-state index in [0.717, 1.165) is 61.8 Å². The van der Waals surface area contributed by atoms with Crippen molar-refractivity contribution >= 4 is 60.7 Å². The number of para-hydroxylation sites is 2. The normalized spacial score (nSPS) is 11.7. The second-order valence-corrected chi connectivity index (χ2v) is 13.0. The van der Waals surface area contributed by atoms with Gasteiger partial charge in [0.2, 0.25) is 0 Å². The van der Waals surface area contributed by atoms with Crippen LogP contribution in [0.3, 0.4) is 0 Å². The van der Waals surface area contributed by atoms with Crippen LogP contribution in [0.4, 0.5) is 43.4 Å². The molecule has 0 unspecified atom stereocenters. The Hall–Kier alpha value is -6.48. The van der Waals surface area contributed by atoms with Gasteiger partial charge in [-0.3, -0.25) is 0 Å². The van der Waals surface area contributed by atoms with E-state index in [0.29, 0.717) is 22.5 Å². The number of benzene rings is 7. The summed E-state index contributed by atoms with van der Waals surface area (Å²) in [5, 5.41) is 3.37. The first kappa shape index (κ1) is 32.4. The van der Waals surface area contributed by atoms with Crippen LogP contribution in [0.25, 0.3) is 43.6 Å². The molecule has 0 aliphatic rings. The van der Waals surface area contributed by atoms with Crippen LogP contribution in [0, 0.1) is 34.9 Å². The fraction of sp³-hybridized carbons (Fsp3) is 0.0455. The minimum Gasteiger partial charge on any atom is -0.336 e. The van der Waals surface area contributed by atoms with Crippen LogP contribution in [-0.4, -0.2) is 9.13 Å². The van der Waals surface area contributed by atoms with Crippen molar-refractivity contribution in [1.29, 1.82) is 0 Å². The van der Waals surface area contributed by atoms with E-state index < -0.39 is 34.9 Å². The third-order valence-corrected chi connectivity index (χ3v) is 9.87. The number of fused-ring (bicyclic) bond motifs is 6. The van der Waals surface area contributed by atoms with E-state index in [-0.39, 0.29) is 18.8 Å². The van der Waals surface area contributed by atoms with E-state index >= 15 is 4.39 Å². The zero-order valence-corrected chi connectivity index (χ0v) is 27.8. The average molecular weight is 712 g/mol. The number of hydrogen-bond acceptors (Lipinski definition) is 1. The highest BCUT2D eigenvalue weighted by Gasteiger charge is 2.22. The van der Waals surface area contributed by atoms with Crippen molar-refractivity contribution < 1.29 is 26.3 Å². The van der Waals surface area contributed by atoms with Crippen LogP contribution in [0.1, 0.15) is 11.1 Å². The van der Waals surface area contributed by atoms with Gasteiger partial charge in [0, 0.05) is 84.3 Å². The van der Waals surface area contributed by atoms with Crippen molar-refractivity contribution in [1.82, 2.24) is 9.13 Å². The van der Waals surface area contributed by atoms with E-state index in [2.05, 4.69) is 0 Å². The van der Waals surface area contributed by atoms with E-state index in [1.165, 1.54) is 36.4 Å². The molecule has 0 bridgehead atoms. The van der Waals surface area contributed by atoms with Gasteiger partial charge >= 0.3 is 0 Å². The fourth-order valence-corrected chi connectivity index (χ4v) is 7.43. The molecule has 0 aliphatic carbocycles. The highest BCUT2D eigenvalue weighted by atomic mass is 19.2. The Morgan fingerprint density at radius 3 is 1.25 bits per heavy atom. The van der Waals surface area contributed by atoms with Crippen molar-refractivity contribution in [3.63, 3.8) is 0 Å². The van der Waals surface area contributed by atoms with Crippen molar-refractivity contribution in [2.24, 2.45) is 0 Å². The first-order valence-corrected chi connectivity index (χ1v) is 16.9. The quantitative estimate of drug-likeness (QED) is 0.150. The van der Waals surface area contributed by atoms with Gasteiger partial charge in [-0.25, -0.2) is 26.3 Å². The highest BCUT2D eigenvalue weighted by molar-refractivity contribution is 6.11. The van der Waals surface area contributed by atoms with Crippen molar-refractivity contribution in [2.75, 3.05) is 4.90 Å². The number of anilines is 3. The van der Waals surface area contributed by atoms with Crippen LogP contribution in [-0.2, 0) is 13.1 Å². The molecule has 2 aromatic heterocycles. The predicted molar refractivity (Wildman–Crippen MR) is 198 cm³/mol. The lowest BCUT2D eigenvalue weighted by Crippen LogP contribution is -2.12. The fourth-order valence-electron chi connectivity index (χ4n) is 7.43. The number of hydrogen-bond donors (Lipinski definition) is 0. The number of aromatic nitrogens is 2. The van der Waals surface area contributed by atoms with E-state index in [9.17, 15) is 22.0 Å². The number of nitrogens with zero attached hydrogens (tertiary/aromatic N) is 3. The standard InChI is InChI=1S/C44H27F6N3/c45-28-11-9-26(37(48)19-28)24-51-40-7-3-1-5-33(40)35-22-31(14-17-42(35)51)53(44-16-13-30(47)21-39(44)50)32-15-18-43-36(23-32)34-6-2-4-8-41(34)52(43)25-27-10-12-29(46)20-38(27)49/h1-23H,24-25H2. The summed E-state index contributed by atoms with van der Waals surface area (Å²) in [7, 11) is 0. The third-order valence-electron chi connectivity index (χ3n) is 9.87. The molecule has 0 saturated carbocycles. The molecule has 2 heterocycles. The Kier molecular flexibility index (Phi) is 7.73. The average Bonchev–Trinajstić information content (AvgIpc) is 3.63. The summed E-state index contributed by atoms with van der Waals surface area (Å²) in [6.45, 7) is 0.294. The summed E-state index contributed by atoms with van der Waals surface area (Å²) >= 11 is 0. The Bertz CT molecular complexity index is 2720. The van der Waals surface area contributed by atoms with Gasteiger partial charge in [0.1, 0.15) is 34.9 Å². The minimum absolute atomic E-state index is 0.111. The number of rotatable bonds is 7. The van der Waals surface area contributed by atoms with Crippen molar-refractivity contribution in [3.8, 4) is 0 Å². The van der Waals surface area contributed by atoms with E-state index in [1.54, 1.807) is 4.90 Å². The second-order valence-electron chi connectivity index (χ2n) is 13.0. The summed E-state index contributed by atoms with van der Waals surface area (Å²) in [6, 6.07) is 37.1. The van der Waals surface area contributed by atoms with Gasteiger partial charge in [0.05, 0.1) is 18.8 Å². The molecule has 0 spiro atoms. The lowest BCUT2D eigenvalue weighted by Gasteiger charge is -2.26. The summed E-state index contributed by atoms with van der Waals surface area (Å²) in [5.41, 5.74) is 5.13. The molecule has 0 atom stereocenters. The molecule has 0 fully saturated rings. The largest absolute Gasteiger partial charge is 0.336 e. The molecular weight excluding hydrogens is 684 g/mol. The molecule has 0 amide bonds. The van der Waals surface area contributed by atoms with Gasteiger partial charge < -0.3 is 14.0 Å².